The van der Waals surface area contributed by atoms with Gasteiger partial charge in [-0.25, -0.2) is 4.98 Å². The SMILES string of the molecule is CCNCCNC(=O)CCc1ncc(-c2ccc(C)cc2)o1. The Morgan fingerprint density at radius 1 is 1.23 bits per heavy atom. The molecule has 2 rings (SSSR count). The molecule has 0 atom stereocenters. The third-order valence-corrected chi connectivity index (χ3v) is 3.33. The summed E-state index contributed by atoms with van der Waals surface area (Å²) in [6.45, 7) is 6.43. The highest BCUT2D eigenvalue weighted by Crippen LogP contribution is 2.21. The van der Waals surface area contributed by atoms with Crippen molar-refractivity contribution in [3.63, 3.8) is 0 Å². The van der Waals surface area contributed by atoms with Gasteiger partial charge < -0.3 is 15.1 Å². The summed E-state index contributed by atoms with van der Waals surface area (Å²) in [4.78, 5) is 15.9. The second-order valence-electron chi connectivity index (χ2n) is 5.19. The van der Waals surface area contributed by atoms with Crippen LogP contribution in [-0.4, -0.2) is 30.5 Å². The lowest BCUT2D eigenvalue weighted by molar-refractivity contribution is -0.121. The fraction of sp³-hybridized carbons (Fsp3) is 0.412. The van der Waals surface area contributed by atoms with Crippen molar-refractivity contribution < 1.29 is 9.21 Å². The first kappa shape index (κ1) is 16.2. The molecule has 118 valence electrons. The van der Waals surface area contributed by atoms with Crippen LogP contribution < -0.4 is 10.6 Å². The standard InChI is InChI=1S/C17H23N3O2/c1-3-18-10-11-19-16(21)8-9-17-20-12-15(22-17)14-6-4-13(2)5-7-14/h4-7,12,18H,3,8-11H2,1-2H3,(H,19,21). The van der Waals surface area contributed by atoms with E-state index < -0.39 is 0 Å². The number of hydrogen-bond acceptors (Lipinski definition) is 4. The highest BCUT2D eigenvalue weighted by atomic mass is 16.4. The van der Waals surface area contributed by atoms with Gasteiger partial charge in [0.05, 0.1) is 6.20 Å². The minimum Gasteiger partial charge on any atom is -0.441 e. The molecular formula is C17H23N3O2. The maximum Gasteiger partial charge on any atom is 0.220 e. The van der Waals surface area contributed by atoms with Crippen LogP contribution in [-0.2, 0) is 11.2 Å². The van der Waals surface area contributed by atoms with E-state index in [1.165, 1.54) is 5.56 Å². The smallest absolute Gasteiger partial charge is 0.220 e. The van der Waals surface area contributed by atoms with Gasteiger partial charge in [0.25, 0.3) is 0 Å². The Morgan fingerprint density at radius 3 is 2.73 bits per heavy atom. The fourth-order valence-electron chi connectivity index (χ4n) is 2.05. The number of amides is 1. The van der Waals surface area contributed by atoms with Crippen LogP contribution in [0.1, 0.15) is 24.8 Å². The first-order valence-electron chi connectivity index (χ1n) is 7.68. The molecule has 0 saturated heterocycles. The normalized spacial score (nSPS) is 10.6. The number of rotatable bonds is 8. The van der Waals surface area contributed by atoms with Crippen LogP contribution in [0, 0.1) is 6.92 Å². The quantitative estimate of drug-likeness (QED) is 0.734. The average molecular weight is 301 g/mol. The van der Waals surface area contributed by atoms with Crippen molar-refractivity contribution in [2.75, 3.05) is 19.6 Å². The Bertz CT molecular complexity index is 590. The van der Waals surface area contributed by atoms with Gasteiger partial charge in [-0.2, -0.15) is 0 Å². The van der Waals surface area contributed by atoms with Crippen LogP contribution in [0.25, 0.3) is 11.3 Å². The van der Waals surface area contributed by atoms with E-state index in [1.54, 1.807) is 6.20 Å². The number of nitrogens with one attached hydrogen (secondary N) is 2. The van der Waals surface area contributed by atoms with Gasteiger partial charge in [-0.15, -0.1) is 0 Å². The molecule has 5 heteroatoms. The summed E-state index contributed by atoms with van der Waals surface area (Å²) in [6, 6.07) is 8.09. The molecule has 0 unspecified atom stereocenters. The van der Waals surface area contributed by atoms with Gasteiger partial charge in [-0.05, 0) is 13.5 Å². The summed E-state index contributed by atoms with van der Waals surface area (Å²) < 4.78 is 5.70. The highest BCUT2D eigenvalue weighted by molar-refractivity contribution is 5.76. The molecule has 0 bridgehead atoms. The van der Waals surface area contributed by atoms with Crippen LogP contribution in [0.4, 0.5) is 0 Å². The first-order chi connectivity index (χ1) is 10.7. The number of likely N-dealkylation sites (N-methyl/N-ethyl adjacent to an activating group) is 1. The van der Waals surface area contributed by atoms with E-state index >= 15 is 0 Å². The van der Waals surface area contributed by atoms with Gasteiger partial charge in [0.2, 0.25) is 5.91 Å². The van der Waals surface area contributed by atoms with Gasteiger partial charge in [-0.1, -0.05) is 36.8 Å². The van der Waals surface area contributed by atoms with Crippen LogP contribution in [0.5, 0.6) is 0 Å². The van der Waals surface area contributed by atoms with Gasteiger partial charge in [-0.3, -0.25) is 4.79 Å². The Kier molecular flexibility index (Phi) is 6.15. The summed E-state index contributed by atoms with van der Waals surface area (Å²) in [5.74, 6) is 1.35. The zero-order valence-electron chi connectivity index (χ0n) is 13.2. The zero-order valence-corrected chi connectivity index (χ0v) is 13.2. The number of oxazole rings is 1. The average Bonchev–Trinajstić information content (AvgIpc) is 2.99. The molecule has 1 heterocycles. The largest absolute Gasteiger partial charge is 0.441 e. The van der Waals surface area contributed by atoms with E-state index in [-0.39, 0.29) is 5.91 Å². The number of carbonyl (C=O) groups is 1. The third-order valence-electron chi connectivity index (χ3n) is 3.33. The molecule has 1 aromatic heterocycles. The Balaban J connectivity index is 1.79. The first-order valence-corrected chi connectivity index (χ1v) is 7.68. The molecule has 0 saturated carbocycles. The van der Waals surface area contributed by atoms with Crippen molar-refractivity contribution in [3.8, 4) is 11.3 Å². The van der Waals surface area contributed by atoms with E-state index in [2.05, 4.69) is 15.6 Å². The second-order valence-corrected chi connectivity index (χ2v) is 5.19. The number of nitrogens with zero attached hydrogens (tertiary/aromatic N) is 1. The lowest BCUT2D eigenvalue weighted by Gasteiger charge is -2.04. The maximum atomic E-state index is 11.7. The van der Waals surface area contributed by atoms with E-state index in [0.29, 0.717) is 25.3 Å². The maximum absolute atomic E-state index is 11.7. The van der Waals surface area contributed by atoms with Crippen molar-refractivity contribution in [2.24, 2.45) is 0 Å². The molecule has 0 fully saturated rings. The van der Waals surface area contributed by atoms with Gasteiger partial charge in [0, 0.05) is 31.5 Å². The van der Waals surface area contributed by atoms with Gasteiger partial charge in [0.15, 0.2) is 11.7 Å². The van der Waals surface area contributed by atoms with Crippen LogP contribution in [0.15, 0.2) is 34.9 Å². The molecule has 0 aliphatic rings. The van der Waals surface area contributed by atoms with E-state index in [1.807, 2.05) is 38.1 Å². The second kappa shape index (κ2) is 8.34. The van der Waals surface area contributed by atoms with E-state index in [0.717, 1.165) is 24.4 Å². The molecule has 22 heavy (non-hydrogen) atoms. The summed E-state index contributed by atoms with van der Waals surface area (Å²) >= 11 is 0. The zero-order chi connectivity index (χ0) is 15.8. The van der Waals surface area contributed by atoms with Crippen LogP contribution in [0.3, 0.4) is 0 Å². The van der Waals surface area contributed by atoms with Crippen molar-refractivity contribution >= 4 is 5.91 Å². The molecule has 5 nitrogen and oxygen atoms in total. The van der Waals surface area contributed by atoms with Crippen molar-refractivity contribution in [3.05, 3.63) is 41.9 Å². The Hall–Kier alpha value is -2.14. The summed E-state index contributed by atoms with van der Waals surface area (Å²) in [7, 11) is 0. The predicted octanol–water partition coefficient (Wildman–Crippen LogP) is 2.31. The monoisotopic (exact) mass is 301 g/mol. The van der Waals surface area contributed by atoms with Crippen LogP contribution >= 0.6 is 0 Å². The number of aryl methyl sites for hydroxylation is 2. The molecule has 0 spiro atoms. The number of hydrogen-bond donors (Lipinski definition) is 2. The Morgan fingerprint density at radius 2 is 2.00 bits per heavy atom. The topological polar surface area (TPSA) is 67.2 Å². The number of benzene rings is 1. The van der Waals surface area contributed by atoms with Crippen molar-refractivity contribution in [1.82, 2.24) is 15.6 Å². The van der Waals surface area contributed by atoms with Gasteiger partial charge >= 0.3 is 0 Å². The fourth-order valence-corrected chi connectivity index (χ4v) is 2.05. The number of carbonyl (C=O) groups excluding carboxylic acids is 1. The molecule has 1 amide bonds. The summed E-state index contributed by atoms with van der Waals surface area (Å²) in [5, 5.41) is 6.02. The summed E-state index contributed by atoms with van der Waals surface area (Å²) in [5.41, 5.74) is 2.21. The van der Waals surface area contributed by atoms with E-state index in [9.17, 15) is 4.79 Å². The molecule has 2 aromatic rings. The predicted molar refractivity (Wildman–Crippen MR) is 86.6 cm³/mol. The van der Waals surface area contributed by atoms with Gasteiger partial charge in [0.1, 0.15) is 0 Å². The molecule has 0 radical (unpaired) electrons. The number of aromatic nitrogens is 1. The third kappa shape index (κ3) is 5.00. The minimum absolute atomic E-state index is 0.0213. The molecule has 1 aromatic carbocycles. The Labute approximate surface area is 131 Å². The molecule has 2 N–H and O–H groups in total. The molecule has 0 aliphatic heterocycles. The highest BCUT2D eigenvalue weighted by Gasteiger charge is 2.08. The molecular weight excluding hydrogens is 278 g/mol. The lowest BCUT2D eigenvalue weighted by atomic mass is 10.1. The van der Waals surface area contributed by atoms with Crippen molar-refractivity contribution in [2.45, 2.75) is 26.7 Å². The summed E-state index contributed by atoms with van der Waals surface area (Å²) in [6.07, 6.45) is 2.61. The minimum atomic E-state index is 0.0213. The lowest BCUT2D eigenvalue weighted by Crippen LogP contribution is -2.31. The van der Waals surface area contributed by atoms with E-state index in [4.69, 9.17) is 4.42 Å². The van der Waals surface area contributed by atoms with Crippen molar-refractivity contribution in [1.29, 1.82) is 0 Å². The molecule has 0 aliphatic carbocycles. The van der Waals surface area contributed by atoms with Crippen LogP contribution in [0.2, 0.25) is 0 Å².